The topological polar surface area (TPSA) is 17.1 Å². The van der Waals surface area contributed by atoms with Crippen molar-refractivity contribution in [3.63, 3.8) is 0 Å². The fourth-order valence-electron chi connectivity index (χ4n) is 2.08. The van der Waals surface area contributed by atoms with E-state index >= 15 is 0 Å². The molecule has 0 amide bonds. The van der Waals surface area contributed by atoms with Crippen molar-refractivity contribution in [3.8, 4) is 0 Å². The Morgan fingerprint density at radius 2 is 2.10 bits per heavy atom. The SMILES string of the molecule is CCC1CCCC1CC=O. The molecule has 1 nitrogen and oxygen atoms in total. The molecule has 0 aromatic carbocycles. The van der Waals surface area contributed by atoms with Crippen molar-refractivity contribution in [3.05, 3.63) is 0 Å². The van der Waals surface area contributed by atoms with Gasteiger partial charge in [0.15, 0.2) is 0 Å². The van der Waals surface area contributed by atoms with Gasteiger partial charge in [-0.25, -0.2) is 0 Å². The van der Waals surface area contributed by atoms with Crippen LogP contribution in [0.4, 0.5) is 0 Å². The molecule has 1 aliphatic rings. The summed E-state index contributed by atoms with van der Waals surface area (Å²) in [6.45, 7) is 2.23. The summed E-state index contributed by atoms with van der Waals surface area (Å²) in [4.78, 5) is 10.2. The van der Waals surface area contributed by atoms with Gasteiger partial charge >= 0.3 is 0 Å². The van der Waals surface area contributed by atoms with E-state index in [-0.39, 0.29) is 0 Å². The zero-order valence-corrected chi connectivity index (χ0v) is 6.68. The van der Waals surface area contributed by atoms with E-state index in [1.54, 1.807) is 0 Å². The van der Waals surface area contributed by atoms with E-state index in [1.165, 1.54) is 25.7 Å². The molecular weight excluding hydrogens is 124 g/mol. The Hall–Kier alpha value is -0.330. The summed E-state index contributed by atoms with van der Waals surface area (Å²) in [6.07, 6.45) is 7.14. The van der Waals surface area contributed by atoms with Crippen molar-refractivity contribution < 1.29 is 4.79 Å². The lowest BCUT2D eigenvalue weighted by atomic mass is 9.91. The molecule has 1 aliphatic carbocycles. The van der Waals surface area contributed by atoms with Crippen molar-refractivity contribution in [1.29, 1.82) is 0 Å². The van der Waals surface area contributed by atoms with Gasteiger partial charge in [-0.15, -0.1) is 0 Å². The van der Waals surface area contributed by atoms with Crippen LogP contribution in [0.3, 0.4) is 0 Å². The average Bonchev–Trinajstić information content (AvgIpc) is 2.36. The number of hydrogen-bond acceptors (Lipinski definition) is 1. The molecule has 1 fully saturated rings. The molecule has 1 rings (SSSR count). The molecule has 2 atom stereocenters. The summed E-state index contributed by atoms with van der Waals surface area (Å²) in [7, 11) is 0. The quantitative estimate of drug-likeness (QED) is 0.550. The second kappa shape index (κ2) is 3.75. The fourth-order valence-corrected chi connectivity index (χ4v) is 2.08. The number of rotatable bonds is 3. The molecule has 0 aliphatic heterocycles. The fraction of sp³-hybridized carbons (Fsp3) is 0.889. The Bertz CT molecular complexity index is 109. The van der Waals surface area contributed by atoms with E-state index in [9.17, 15) is 4.79 Å². The van der Waals surface area contributed by atoms with E-state index in [1.807, 2.05) is 0 Å². The van der Waals surface area contributed by atoms with Crippen LogP contribution in [0.2, 0.25) is 0 Å². The predicted octanol–water partition coefficient (Wildman–Crippen LogP) is 2.40. The van der Waals surface area contributed by atoms with Gasteiger partial charge in [0.25, 0.3) is 0 Å². The molecule has 1 saturated carbocycles. The maximum absolute atomic E-state index is 10.2. The van der Waals surface area contributed by atoms with Gasteiger partial charge in [0.2, 0.25) is 0 Å². The summed E-state index contributed by atoms with van der Waals surface area (Å²) >= 11 is 0. The first-order valence-electron chi connectivity index (χ1n) is 4.32. The highest BCUT2D eigenvalue weighted by Crippen LogP contribution is 2.35. The van der Waals surface area contributed by atoms with E-state index in [2.05, 4.69) is 6.92 Å². The van der Waals surface area contributed by atoms with Gasteiger partial charge in [-0.05, 0) is 18.3 Å². The van der Waals surface area contributed by atoms with Crippen LogP contribution in [0.15, 0.2) is 0 Å². The van der Waals surface area contributed by atoms with Crippen molar-refractivity contribution >= 4 is 6.29 Å². The third kappa shape index (κ3) is 1.59. The summed E-state index contributed by atoms with van der Waals surface area (Å²) in [5.41, 5.74) is 0. The molecular formula is C9H16O. The minimum atomic E-state index is 0.725. The van der Waals surface area contributed by atoms with E-state index in [0.717, 1.165) is 24.5 Å². The maximum Gasteiger partial charge on any atom is 0.120 e. The van der Waals surface area contributed by atoms with Gasteiger partial charge in [0, 0.05) is 6.42 Å². The molecule has 10 heavy (non-hydrogen) atoms. The largest absolute Gasteiger partial charge is 0.303 e. The lowest BCUT2D eigenvalue weighted by molar-refractivity contribution is -0.108. The lowest BCUT2D eigenvalue weighted by Gasteiger charge is -2.13. The smallest absolute Gasteiger partial charge is 0.120 e. The van der Waals surface area contributed by atoms with E-state index in [0.29, 0.717) is 0 Å². The van der Waals surface area contributed by atoms with E-state index in [4.69, 9.17) is 0 Å². The predicted molar refractivity (Wildman–Crippen MR) is 41.8 cm³/mol. The van der Waals surface area contributed by atoms with Gasteiger partial charge in [0.05, 0.1) is 0 Å². The van der Waals surface area contributed by atoms with Crippen LogP contribution in [-0.2, 0) is 4.79 Å². The average molecular weight is 140 g/mol. The number of hydrogen-bond donors (Lipinski definition) is 0. The highest BCUT2D eigenvalue weighted by atomic mass is 16.1. The normalized spacial score (nSPS) is 32.5. The second-order valence-corrected chi connectivity index (χ2v) is 3.26. The van der Waals surface area contributed by atoms with Crippen LogP contribution in [0.25, 0.3) is 0 Å². The third-order valence-electron chi connectivity index (χ3n) is 2.74. The lowest BCUT2D eigenvalue weighted by Crippen LogP contribution is -2.06. The number of carbonyl (C=O) groups is 1. The highest BCUT2D eigenvalue weighted by Gasteiger charge is 2.24. The number of carbonyl (C=O) groups excluding carboxylic acids is 1. The van der Waals surface area contributed by atoms with Crippen LogP contribution >= 0.6 is 0 Å². The number of aldehydes is 1. The molecule has 0 aromatic heterocycles. The van der Waals surface area contributed by atoms with Crippen molar-refractivity contribution in [2.75, 3.05) is 0 Å². The molecule has 0 N–H and O–H groups in total. The Kier molecular flexibility index (Phi) is 2.91. The molecule has 2 unspecified atom stereocenters. The van der Waals surface area contributed by atoms with Gasteiger partial charge < -0.3 is 4.79 Å². The Morgan fingerprint density at radius 3 is 2.70 bits per heavy atom. The van der Waals surface area contributed by atoms with Crippen molar-refractivity contribution in [1.82, 2.24) is 0 Å². The molecule has 0 spiro atoms. The van der Waals surface area contributed by atoms with Gasteiger partial charge in [0.1, 0.15) is 6.29 Å². The molecule has 0 aromatic rings. The Labute approximate surface area is 62.8 Å². The van der Waals surface area contributed by atoms with Crippen LogP contribution in [0.1, 0.15) is 39.0 Å². The third-order valence-corrected chi connectivity index (χ3v) is 2.74. The molecule has 0 saturated heterocycles. The molecule has 1 heteroatoms. The first kappa shape index (κ1) is 7.77. The minimum absolute atomic E-state index is 0.725. The van der Waals surface area contributed by atoms with Crippen LogP contribution in [0, 0.1) is 11.8 Å². The summed E-state index contributed by atoms with van der Waals surface area (Å²) < 4.78 is 0. The zero-order chi connectivity index (χ0) is 7.40. The van der Waals surface area contributed by atoms with Gasteiger partial charge in [-0.3, -0.25) is 0 Å². The van der Waals surface area contributed by atoms with Gasteiger partial charge in [-0.2, -0.15) is 0 Å². The standard InChI is InChI=1S/C9H16O/c1-2-8-4-3-5-9(8)6-7-10/h7-9H,2-6H2,1H3. The Balaban J connectivity index is 2.34. The van der Waals surface area contributed by atoms with Gasteiger partial charge in [-0.1, -0.05) is 26.2 Å². The monoisotopic (exact) mass is 140 g/mol. The van der Waals surface area contributed by atoms with Crippen LogP contribution in [0.5, 0.6) is 0 Å². The summed E-state index contributed by atoms with van der Waals surface area (Å²) in [5, 5.41) is 0. The first-order valence-corrected chi connectivity index (χ1v) is 4.32. The van der Waals surface area contributed by atoms with Crippen LogP contribution < -0.4 is 0 Å². The summed E-state index contributed by atoms with van der Waals surface area (Å²) in [5.74, 6) is 1.58. The van der Waals surface area contributed by atoms with Crippen molar-refractivity contribution in [2.24, 2.45) is 11.8 Å². The highest BCUT2D eigenvalue weighted by molar-refractivity contribution is 5.49. The molecule has 0 bridgehead atoms. The summed E-state index contributed by atoms with van der Waals surface area (Å²) in [6, 6.07) is 0. The molecule has 0 radical (unpaired) electrons. The second-order valence-electron chi connectivity index (χ2n) is 3.26. The first-order chi connectivity index (χ1) is 4.88. The minimum Gasteiger partial charge on any atom is -0.303 e. The zero-order valence-electron chi connectivity index (χ0n) is 6.68. The van der Waals surface area contributed by atoms with E-state index < -0.39 is 0 Å². The van der Waals surface area contributed by atoms with Crippen LogP contribution in [-0.4, -0.2) is 6.29 Å². The Morgan fingerprint density at radius 1 is 1.40 bits per heavy atom. The molecule has 58 valence electrons. The van der Waals surface area contributed by atoms with Crippen molar-refractivity contribution in [2.45, 2.75) is 39.0 Å². The maximum atomic E-state index is 10.2. The molecule has 0 heterocycles.